The van der Waals surface area contributed by atoms with Crippen molar-refractivity contribution in [1.29, 1.82) is 0 Å². The number of hydrogen-bond donors (Lipinski definition) is 0. The van der Waals surface area contributed by atoms with Crippen molar-refractivity contribution in [2.24, 2.45) is 0 Å². The average Bonchev–Trinajstić information content (AvgIpc) is 3.43. The first-order valence-electron chi connectivity index (χ1n) is 15.4. The van der Waals surface area contributed by atoms with Crippen LogP contribution in [0.5, 0.6) is 0 Å². The lowest BCUT2D eigenvalue weighted by atomic mass is 9.76. The van der Waals surface area contributed by atoms with Gasteiger partial charge in [0.15, 0.2) is 0 Å². The van der Waals surface area contributed by atoms with E-state index in [9.17, 15) is 0 Å². The predicted molar refractivity (Wildman–Crippen MR) is 194 cm³/mol. The van der Waals surface area contributed by atoms with Gasteiger partial charge in [0.25, 0.3) is 0 Å². The largest absolute Gasteiger partial charge is 0.311 e. The van der Waals surface area contributed by atoms with Gasteiger partial charge in [-0.05, 0) is 91.1 Å². The number of thiophene rings is 1. The minimum Gasteiger partial charge on any atom is -0.311 e. The second-order valence-corrected chi connectivity index (χ2v) is 13.3. The molecule has 0 aliphatic heterocycles. The van der Waals surface area contributed by atoms with E-state index in [4.69, 9.17) is 0 Å². The van der Waals surface area contributed by atoms with Crippen molar-refractivity contribution < 1.29 is 0 Å². The lowest BCUT2D eigenvalue weighted by Gasteiger charge is -2.35. The van der Waals surface area contributed by atoms with Crippen molar-refractivity contribution in [2.45, 2.75) is 39.5 Å². The quantitative estimate of drug-likeness (QED) is 0.175. The molecule has 0 saturated heterocycles. The third-order valence-corrected chi connectivity index (χ3v) is 10.0. The summed E-state index contributed by atoms with van der Waals surface area (Å²) in [6, 6.07) is 39.9. The highest BCUT2D eigenvalue weighted by Crippen LogP contribution is 2.45. The van der Waals surface area contributed by atoms with Gasteiger partial charge in [0, 0.05) is 42.7 Å². The van der Waals surface area contributed by atoms with Crippen molar-refractivity contribution in [3.05, 3.63) is 162 Å². The Kier molecular flexibility index (Phi) is 7.32. The topological polar surface area (TPSA) is 3.24 Å². The SMILES string of the molecule is C/C=C(\C=C(C)C)N(C1=CC(C)(c2cccc3c2sc2ccccc23)CC=C1)c1ccc(-c2cccc3ccccc23)cc1. The van der Waals surface area contributed by atoms with Crippen molar-refractivity contribution in [3.8, 4) is 11.1 Å². The molecule has 0 radical (unpaired) electrons. The molecule has 7 rings (SSSR count). The summed E-state index contributed by atoms with van der Waals surface area (Å²) >= 11 is 1.92. The standard InChI is InChI=1S/C42H37NS/c1-5-32(27-29(2)3)43(33-24-22-31(23-25-33)36-18-10-14-30-13-6-7-16-35(30)36)34-15-12-26-42(4,28-34)39-20-11-19-38-37-17-8-9-21-40(37)44-41(38)39/h5-25,27-28H,26H2,1-4H3/b32-5+. The van der Waals surface area contributed by atoms with Crippen LogP contribution < -0.4 is 4.90 Å². The lowest BCUT2D eigenvalue weighted by molar-refractivity contribution is 0.599. The van der Waals surface area contributed by atoms with E-state index >= 15 is 0 Å². The molecule has 1 unspecified atom stereocenters. The smallest absolute Gasteiger partial charge is 0.0461 e. The third kappa shape index (κ3) is 5.00. The lowest BCUT2D eigenvalue weighted by Crippen LogP contribution is -2.27. The number of allylic oxidation sites excluding steroid dienone is 6. The Hall–Kier alpha value is -4.66. The summed E-state index contributed by atoms with van der Waals surface area (Å²) in [6.07, 6.45) is 12.6. The van der Waals surface area contributed by atoms with Crippen LogP contribution in [0.3, 0.4) is 0 Å². The van der Waals surface area contributed by atoms with Crippen LogP contribution in [0.2, 0.25) is 0 Å². The highest BCUT2D eigenvalue weighted by molar-refractivity contribution is 7.26. The summed E-state index contributed by atoms with van der Waals surface area (Å²) in [5, 5.41) is 5.25. The number of anilines is 1. The van der Waals surface area contributed by atoms with E-state index in [0.29, 0.717) is 0 Å². The molecule has 1 aliphatic rings. The molecule has 1 nitrogen and oxygen atoms in total. The molecule has 0 fully saturated rings. The first kappa shape index (κ1) is 28.1. The molecule has 0 saturated carbocycles. The molecule has 216 valence electrons. The molecule has 0 amide bonds. The number of rotatable bonds is 6. The van der Waals surface area contributed by atoms with Gasteiger partial charge in [0.1, 0.15) is 0 Å². The zero-order valence-electron chi connectivity index (χ0n) is 25.8. The van der Waals surface area contributed by atoms with Gasteiger partial charge in [-0.3, -0.25) is 0 Å². The van der Waals surface area contributed by atoms with Gasteiger partial charge >= 0.3 is 0 Å². The van der Waals surface area contributed by atoms with Crippen molar-refractivity contribution >= 4 is 48.0 Å². The molecule has 0 bridgehead atoms. The first-order valence-corrected chi connectivity index (χ1v) is 16.3. The van der Waals surface area contributed by atoms with E-state index in [1.807, 2.05) is 11.3 Å². The second-order valence-electron chi connectivity index (χ2n) is 12.2. The molecule has 1 aliphatic carbocycles. The molecule has 2 heteroatoms. The number of hydrogen-bond acceptors (Lipinski definition) is 2. The van der Waals surface area contributed by atoms with Gasteiger partial charge < -0.3 is 4.90 Å². The molecule has 0 spiro atoms. The molecule has 1 aromatic heterocycles. The van der Waals surface area contributed by atoms with Crippen molar-refractivity contribution in [2.75, 3.05) is 4.90 Å². The van der Waals surface area contributed by atoms with Crippen LogP contribution in [0.25, 0.3) is 42.1 Å². The Balaban J connectivity index is 1.34. The summed E-state index contributed by atoms with van der Waals surface area (Å²) < 4.78 is 2.74. The van der Waals surface area contributed by atoms with Gasteiger partial charge in [0.05, 0.1) is 0 Å². The Morgan fingerprint density at radius 1 is 0.773 bits per heavy atom. The molecule has 5 aromatic carbocycles. The second kappa shape index (κ2) is 11.4. The van der Waals surface area contributed by atoms with Crippen molar-refractivity contribution in [1.82, 2.24) is 0 Å². The monoisotopic (exact) mass is 587 g/mol. The van der Waals surface area contributed by atoms with E-state index in [0.717, 1.165) is 12.1 Å². The maximum absolute atomic E-state index is 2.49. The third-order valence-electron chi connectivity index (χ3n) is 8.79. The fourth-order valence-electron chi connectivity index (χ4n) is 6.67. The summed E-state index contributed by atoms with van der Waals surface area (Å²) in [5.41, 5.74) is 8.53. The maximum atomic E-state index is 2.49. The molecular formula is C42H37NS. The Morgan fingerprint density at radius 2 is 1.48 bits per heavy atom. The first-order chi connectivity index (χ1) is 21.4. The zero-order valence-corrected chi connectivity index (χ0v) is 26.7. The van der Waals surface area contributed by atoms with E-state index in [-0.39, 0.29) is 5.41 Å². The molecule has 44 heavy (non-hydrogen) atoms. The molecular weight excluding hydrogens is 551 g/mol. The molecule has 0 N–H and O–H groups in total. The van der Waals surface area contributed by atoms with Crippen LogP contribution in [-0.4, -0.2) is 0 Å². The number of benzene rings is 5. The average molecular weight is 588 g/mol. The van der Waals surface area contributed by atoms with Crippen LogP contribution in [0.4, 0.5) is 5.69 Å². The minimum absolute atomic E-state index is 0.143. The summed E-state index contributed by atoms with van der Waals surface area (Å²) in [5.74, 6) is 0. The molecule has 1 heterocycles. The van der Waals surface area contributed by atoms with Crippen LogP contribution in [0, 0.1) is 0 Å². The van der Waals surface area contributed by atoms with Crippen LogP contribution in [-0.2, 0) is 5.41 Å². The highest BCUT2D eigenvalue weighted by Gasteiger charge is 2.30. The van der Waals surface area contributed by atoms with Crippen molar-refractivity contribution in [3.63, 3.8) is 0 Å². The van der Waals surface area contributed by atoms with Crippen LogP contribution in [0.1, 0.15) is 39.7 Å². The number of fused-ring (bicyclic) bond motifs is 4. The fraction of sp³-hybridized carbons (Fsp3) is 0.143. The number of nitrogens with zero attached hydrogens (tertiary/aromatic N) is 1. The van der Waals surface area contributed by atoms with E-state index in [1.54, 1.807) is 0 Å². The van der Waals surface area contributed by atoms with Gasteiger partial charge in [-0.2, -0.15) is 0 Å². The van der Waals surface area contributed by atoms with Gasteiger partial charge in [-0.25, -0.2) is 0 Å². The minimum atomic E-state index is -0.143. The zero-order chi connectivity index (χ0) is 30.3. The molecule has 1 atom stereocenters. The van der Waals surface area contributed by atoms with E-state index in [2.05, 4.69) is 172 Å². The van der Waals surface area contributed by atoms with Gasteiger partial charge in [-0.15, -0.1) is 11.3 Å². The predicted octanol–water partition coefficient (Wildman–Crippen LogP) is 12.4. The fourth-order valence-corrected chi connectivity index (χ4v) is 8.02. The Labute approximate surface area is 264 Å². The van der Waals surface area contributed by atoms with Gasteiger partial charge in [-0.1, -0.05) is 116 Å². The summed E-state index contributed by atoms with van der Waals surface area (Å²) in [6.45, 7) is 8.87. The highest BCUT2D eigenvalue weighted by atomic mass is 32.1. The summed E-state index contributed by atoms with van der Waals surface area (Å²) in [7, 11) is 0. The Morgan fingerprint density at radius 3 is 2.27 bits per heavy atom. The van der Waals surface area contributed by atoms with E-state index < -0.39 is 0 Å². The summed E-state index contributed by atoms with van der Waals surface area (Å²) in [4.78, 5) is 2.42. The maximum Gasteiger partial charge on any atom is 0.0461 e. The van der Waals surface area contributed by atoms with Gasteiger partial charge in [0.2, 0.25) is 0 Å². The Bertz CT molecular complexity index is 2130. The van der Waals surface area contributed by atoms with Crippen LogP contribution >= 0.6 is 11.3 Å². The van der Waals surface area contributed by atoms with Crippen LogP contribution in [0.15, 0.2) is 157 Å². The normalized spacial score (nSPS) is 16.8. The van der Waals surface area contributed by atoms with E-state index in [1.165, 1.54) is 64.6 Å². The molecule has 6 aromatic rings.